The summed E-state index contributed by atoms with van der Waals surface area (Å²) in [7, 11) is 0. The summed E-state index contributed by atoms with van der Waals surface area (Å²) in [5, 5.41) is 9.10. The van der Waals surface area contributed by atoms with E-state index in [4.69, 9.17) is 9.84 Å². The van der Waals surface area contributed by atoms with E-state index in [1.807, 2.05) is 19.1 Å². The molecule has 0 bridgehead atoms. The van der Waals surface area contributed by atoms with Gasteiger partial charge in [-0.3, -0.25) is 4.79 Å². The molecule has 1 saturated carbocycles. The molecule has 3 rings (SSSR count). The van der Waals surface area contributed by atoms with Gasteiger partial charge in [0.05, 0.1) is 0 Å². The zero-order valence-corrected chi connectivity index (χ0v) is 12.2. The van der Waals surface area contributed by atoms with Gasteiger partial charge in [0.2, 0.25) is 5.60 Å². The topological polar surface area (TPSA) is 63.6 Å². The third-order valence-electron chi connectivity index (χ3n) is 3.84. The van der Waals surface area contributed by atoms with Gasteiger partial charge in [-0.2, -0.15) is 0 Å². The van der Waals surface area contributed by atoms with Crippen molar-refractivity contribution in [1.82, 2.24) is 0 Å². The lowest BCUT2D eigenvalue weighted by atomic mass is 10.0. The van der Waals surface area contributed by atoms with Crippen LogP contribution in [-0.4, -0.2) is 22.5 Å². The Kier molecular flexibility index (Phi) is 3.45. The monoisotopic (exact) mass is 296 g/mol. The fraction of sp³-hybridized carbons (Fsp3) is 0.222. The van der Waals surface area contributed by atoms with Gasteiger partial charge < -0.3 is 9.84 Å². The van der Waals surface area contributed by atoms with Crippen molar-refractivity contribution < 1.29 is 19.4 Å². The maximum absolute atomic E-state index is 12.3. The molecule has 2 aromatic rings. The first kappa shape index (κ1) is 14.3. The van der Waals surface area contributed by atoms with Gasteiger partial charge in [0.25, 0.3) is 0 Å². The van der Waals surface area contributed by atoms with Crippen LogP contribution in [0.3, 0.4) is 0 Å². The standard InChI is InChI=1S/C18H16O4/c1-12-2-4-13(5-3-12)16(19)14-6-8-15(9-7-14)22-18(10-11-18)17(20)21/h2-9H,10-11H2,1H3,(H,20,21). The summed E-state index contributed by atoms with van der Waals surface area (Å²) in [6, 6.07) is 14.0. The largest absolute Gasteiger partial charge is 0.478 e. The summed E-state index contributed by atoms with van der Waals surface area (Å²) in [6.07, 6.45) is 1.04. The Bertz CT molecular complexity index is 710. The van der Waals surface area contributed by atoms with Gasteiger partial charge in [-0.25, -0.2) is 4.79 Å². The number of ether oxygens (including phenoxy) is 1. The van der Waals surface area contributed by atoms with Crippen molar-refractivity contribution in [1.29, 1.82) is 0 Å². The Hall–Kier alpha value is -2.62. The van der Waals surface area contributed by atoms with Gasteiger partial charge in [0.1, 0.15) is 5.75 Å². The van der Waals surface area contributed by atoms with Crippen molar-refractivity contribution in [3.63, 3.8) is 0 Å². The van der Waals surface area contributed by atoms with Crippen LogP contribution in [0.25, 0.3) is 0 Å². The number of carbonyl (C=O) groups is 2. The van der Waals surface area contributed by atoms with Crippen molar-refractivity contribution in [3.05, 3.63) is 65.2 Å². The number of carboxylic acid groups (broad SMARTS) is 1. The molecule has 0 aromatic heterocycles. The molecule has 4 nitrogen and oxygen atoms in total. The molecular formula is C18H16O4. The summed E-state index contributed by atoms with van der Waals surface area (Å²) in [5.74, 6) is -0.529. The number of aryl methyl sites for hydroxylation is 1. The molecule has 1 aliphatic carbocycles. The summed E-state index contributed by atoms with van der Waals surface area (Å²) in [5.41, 5.74) is 1.21. The van der Waals surface area contributed by atoms with Gasteiger partial charge in [-0.1, -0.05) is 29.8 Å². The van der Waals surface area contributed by atoms with Gasteiger partial charge in [0, 0.05) is 24.0 Å². The first-order valence-corrected chi connectivity index (χ1v) is 7.14. The van der Waals surface area contributed by atoms with Crippen LogP contribution >= 0.6 is 0 Å². The molecule has 0 saturated heterocycles. The first-order chi connectivity index (χ1) is 10.5. The van der Waals surface area contributed by atoms with Crippen molar-refractivity contribution in [3.8, 4) is 5.75 Å². The van der Waals surface area contributed by atoms with E-state index in [0.717, 1.165) is 5.56 Å². The van der Waals surface area contributed by atoms with E-state index in [0.29, 0.717) is 29.7 Å². The molecule has 0 aliphatic heterocycles. The van der Waals surface area contributed by atoms with E-state index < -0.39 is 11.6 Å². The first-order valence-electron chi connectivity index (χ1n) is 7.14. The predicted octanol–water partition coefficient (Wildman–Crippen LogP) is 3.22. The van der Waals surface area contributed by atoms with Crippen LogP contribution in [0, 0.1) is 6.92 Å². The van der Waals surface area contributed by atoms with E-state index >= 15 is 0 Å². The molecule has 22 heavy (non-hydrogen) atoms. The molecule has 4 heteroatoms. The lowest BCUT2D eigenvalue weighted by molar-refractivity contribution is -0.147. The smallest absolute Gasteiger partial charge is 0.348 e. The van der Waals surface area contributed by atoms with Crippen LogP contribution < -0.4 is 4.74 Å². The average molecular weight is 296 g/mol. The zero-order chi connectivity index (χ0) is 15.7. The Morgan fingerprint density at radius 1 is 0.955 bits per heavy atom. The second-order valence-electron chi connectivity index (χ2n) is 5.62. The molecule has 1 aliphatic rings. The minimum Gasteiger partial charge on any atom is -0.478 e. The van der Waals surface area contributed by atoms with Crippen LogP contribution in [0.15, 0.2) is 48.5 Å². The molecular weight excluding hydrogens is 280 g/mol. The highest BCUT2D eigenvalue weighted by Crippen LogP contribution is 2.40. The van der Waals surface area contributed by atoms with Crippen LogP contribution in [0.5, 0.6) is 5.75 Å². The number of aliphatic carboxylic acids is 1. The van der Waals surface area contributed by atoms with Crippen molar-refractivity contribution >= 4 is 11.8 Å². The molecule has 2 aromatic carbocycles. The number of carboxylic acids is 1. The van der Waals surface area contributed by atoms with Crippen LogP contribution in [-0.2, 0) is 4.79 Å². The van der Waals surface area contributed by atoms with E-state index in [2.05, 4.69) is 0 Å². The Balaban J connectivity index is 1.75. The maximum atomic E-state index is 12.3. The molecule has 0 amide bonds. The number of ketones is 1. The second kappa shape index (κ2) is 5.30. The van der Waals surface area contributed by atoms with E-state index in [9.17, 15) is 9.59 Å². The Labute approximate surface area is 128 Å². The van der Waals surface area contributed by atoms with Gasteiger partial charge in [-0.05, 0) is 31.2 Å². The summed E-state index contributed by atoms with van der Waals surface area (Å²) < 4.78 is 5.52. The maximum Gasteiger partial charge on any atom is 0.348 e. The van der Waals surface area contributed by atoms with Crippen LogP contribution in [0.1, 0.15) is 34.3 Å². The number of hydrogen-bond acceptors (Lipinski definition) is 3. The number of hydrogen-bond donors (Lipinski definition) is 1. The molecule has 0 radical (unpaired) electrons. The van der Waals surface area contributed by atoms with Crippen molar-refractivity contribution in [2.45, 2.75) is 25.4 Å². The SMILES string of the molecule is Cc1ccc(C(=O)c2ccc(OC3(C(=O)O)CC3)cc2)cc1. The normalized spacial score (nSPS) is 15.1. The summed E-state index contributed by atoms with van der Waals surface area (Å²) >= 11 is 0. The van der Waals surface area contributed by atoms with Crippen LogP contribution in [0.2, 0.25) is 0 Å². The third-order valence-corrected chi connectivity index (χ3v) is 3.84. The zero-order valence-electron chi connectivity index (χ0n) is 12.2. The molecule has 112 valence electrons. The highest BCUT2D eigenvalue weighted by Gasteiger charge is 2.53. The third kappa shape index (κ3) is 2.72. The summed E-state index contributed by atoms with van der Waals surface area (Å²) in [4.78, 5) is 23.4. The van der Waals surface area contributed by atoms with Crippen molar-refractivity contribution in [2.24, 2.45) is 0 Å². The highest BCUT2D eigenvalue weighted by molar-refractivity contribution is 6.09. The average Bonchev–Trinajstić information content (AvgIpc) is 3.29. The quantitative estimate of drug-likeness (QED) is 0.860. The summed E-state index contributed by atoms with van der Waals surface area (Å²) in [6.45, 7) is 1.97. The molecule has 0 spiro atoms. The number of carbonyl (C=O) groups excluding carboxylic acids is 1. The Morgan fingerprint density at radius 2 is 1.45 bits per heavy atom. The van der Waals surface area contributed by atoms with Gasteiger partial charge in [0.15, 0.2) is 5.78 Å². The van der Waals surface area contributed by atoms with Crippen LogP contribution in [0.4, 0.5) is 0 Å². The minimum atomic E-state index is -1.07. The Morgan fingerprint density at radius 3 is 1.91 bits per heavy atom. The predicted molar refractivity (Wildman–Crippen MR) is 81.3 cm³/mol. The van der Waals surface area contributed by atoms with E-state index in [1.54, 1.807) is 36.4 Å². The fourth-order valence-electron chi connectivity index (χ4n) is 2.24. The molecule has 0 unspecified atom stereocenters. The molecule has 0 heterocycles. The van der Waals surface area contributed by atoms with E-state index in [-0.39, 0.29) is 5.78 Å². The lowest BCUT2D eigenvalue weighted by Gasteiger charge is -2.13. The fourth-order valence-corrected chi connectivity index (χ4v) is 2.24. The second-order valence-corrected chi connectivity index (χ2v) is 5.62. The van der Waals surface area contributed by atoms with Gasteiger partial charge >= 0.3 is 5.97 Å². The number of rotatable bonds is 5. The number of benzene rings is 2. The van der Waals surface area contributed by atoms with E-state index in [1.165, 1.54) is 0 Å². The minimum absolute atomic E-state index is 0.0640. The molecule has 0 atom stereocenters. The molecule has 1 N–H and O–H groups in total. The lowest BCUT2D eigenvalue weighted by Crippen LogP contribution is -2.28. The molecule has 1 fully saturated rings. The van der Waals surface area contributed by atoms with Gasteiger partial charge in [-0.15, -0.1) is 0 Å². The van der Waals surface area contributed by atoms with Crippen molar-refractivity contribution in [2.75, 3.05) is 0 Å². The highest BCUT2D eigenvalue weighted by atomic mass is 16.5.